The van der Waals surface area contributed by atoms with Crippen molar-refractivity contribution >= 4 is 17.7 Å². The van der Waals surface area contributed by atoms with Gasteiger partial charge in [0.2, 0.25) is 5.91 Å². The van der Waals surface area contributed by atoms with Crippen LogP contribution in [-0.4, -0.2) is 48.3 Å². The molecule has 1 saturated heterocycles. The minimum atomic E-state index is 0.0295. The summed E-state index contributed by atoms with van der Waals surface area (Å²) < 4.78 is 0. The normalized spacial score (nSPS) is 24.1. The summed E-state index contributed by atoms with van der Waals surface area (Å²) in [6.45, 7) is 4.03. The molecule has 0 spiro atoms. The Hall–Kier alpha value is -0.260. The van der Waals surface area contributed by atoms with Crippen LogP contribution in [-0.2, 0) is 4.79 Å². The summed E-state index contributed by atoms with van der Waals surface area (Å²) in [7, 11) is 0. The average molecular weight is 246 g/mol. The van der Waals surface area contributed by atoms with Crippen molar-refractivity contribution in [1.29, 1.82) is 0 Å². The van der Waals surface area contributed by atoms with Gasteiger partial charge in [-0.25, -0.2) is 0 Å². The van der Waals surface area contributed by atoms with E-state index in [0.29, 0.717) is 12.3 Å². The number of aliphatic hydroxyl groups excluding tert-OH is 1. The molecule has 16 heavy (non-hydrogen) atoms. The van der Waals surface area contributed by atoms with Crippen molar-refractivity contribution in [2.24, 2.45) is 5.92 Å². The van der Waals surface area contributed by atoms with E-state index in [0.717, 1.165) is 19.5 Å². The molecule has 0 aliphatic carbocycles. The van der Waals surface area contributed by atoms with E-state index in [-0.39, 0.29) is 23.8 Å². The number of carbonyl (C=O) groups is 1. The van der Waals surface area contributed by atoms with Gasteiger partial charge in [0, 0.05) is 17.7 Å². The van der Waals surface area contributed by atoms with Crippen LogP contribution in [0.4, 0.5) is 0 Å². The topological polar surface area (TPSA) is 61.4 Å². The summed E-state index contributed by atoms with van der Waals surface area (Å²) in [6.07, 6.45) is 3.64. The van der Waals surface area contributed by atoms with Crippen LogP contribution >= 0.6 is 11.8 Å². The molecule has 0 aromatic rings. The van der Waals surface area contributed by atoms with E-state index in [1.54, 1.807) is 11.8 Å². The third-order valence-electron chi connectivity index (χ3n) is 3.07. The van der Waals surface area contributed by atoms with Crippen molar-refractivity contribution in [3.05, 3.63) is 0 Å². The second kappa shape index (κ2) is 7.14. The van der Waals surface area contributed by atoms with Crippen LogP contribution in [0.3, 0.4) is 0 Å². The minimum absolute atomic E-state index is 0.0295. The first-order valence-corrected chi connectivity index (χ1v) is 7.10. The Bertz CT molecular complexity index is 216. The van der Waals surface area contributed by atoms with E-state index >= 15 is 0 Å². The molecule has 1 aliphatic rings. The van der Waals surface area contributed by atoms with Gasteiger partial charge in [0.15, 0.2) is 0 Å². The SMILES string of the molecule is CSC(CO)C(C)NC(=O)CC1CCNC1. The molecule has 1 aliphatic heterocycles. The molecular weight excluding hydrogens is 224 g/mol. The quantitative estimate of drug-likeness (QED) is 0.627. The summed E-state index contributed by atoms with van der Waals surface area (Å²) in [6, 6.07) is 0.0295. The van der Waals surface area contributed by atoms with Gasteiger partial charge in [-0.2, -0.15) is 11.8 Å². The lowest BCUT2D eigenvalue weighted by Crippen LogP contribution is -2.41. The molecule has 94 valence electrons. The van der Waals surface area contributed by atoms with Gasteiger partial charge < -0.3 is 15.7 Å². The first-order chi connectivity index (χ1) is 7.67. The smallest absolute Gasteiger partial charge is 0.220 e. The van der Waals surface area contributed by atoms with Gasteiger partial charge in [-0.1, -0.05) is 0 Å². The van der Waals surface area contributed by atoms with Gasteiger partial charge in [0.1, 0.15) is 0 Å². The summed E-state index contributed by atoms with van der Waals surface area (Å²) in [5.41, 5.74) is 0. The number of amides is 1. The Kier molecular flexibility index (Phi) is 6.16. The highest BCUT2D eigenvalue weighted by Crippen LogP contribution is 2.14. The van der Waals surface area contributed by atoms with E-state index in [1.165, 1.54) is 0 Å². The Morgan fingerprint density at radius 2 is 2.44 bits per heavy atom. The Morgan fingerprint density at radius 1 is 1.69 bits per heavy atom. The van der Waals surface area contributed by atoms with Crippen molar-refractivity contribution in [2.45, 2.75) is 31.1 Å². The molecule has 4 nitrogen and oxygen atoms in total. The number of hydrogen-bond donors (Lipinski definition) is 3. The molecule has 3 atom stereocenters. The third-order valence-corrected chi connectivity index (χ3v) is 4.23. The molecule has 0 radical (unpaired) electrons. The summed E-state index contributed by atoms with van der Waals surface area (Å²) >= 11 is 1.59. The Labute approximate surface area is 102 Å². The zero-order valence-corrected chi connectivity index (χ0v) is 10.8. The number of hydrogen-bond acceptors (Lipinski definition) is 4. The summed E-state index contributed by atoms with van der Waals surface area (Å²) in [5.74, 6) is 0.586. The minimum Gasteiger partial charge on any atom is -0.395 e. The molecule has 3 N–H and O–H groups in total. The monoisotopic (exact) mass is 246 g/mol. The maximum Gasteiger partial charge on any atom is 0.220 e. The second-order valence-corrected chi connectivity index (χ2v) is 5.45. The van der Waals surface area contributed by atoms with Gasteiger partial charge in [0.05, 0.1) is 6.61 Å². The van der Waals surface area contributed by atoms with Gasteiger partial charge in [-0.05, 0) is 38.6 Å². The molecular formula is C11H22N2O2S. The molecule has 0 aromatic carbocycles. The molecule has 1 amide bonds. The van der Waals surface area contributed by atoms with Crippen molar-refractivity contribution in [2.75, 3.05) is 26.0 Å². The summed E-state index contributed by atoms with van der Waals surface area (Å²) in [4.78, 5) is 11.7. The fourth-order valence-corrected chi connectivity index (χ4v) is 2.62. The van der Waals surface area contributed by atoms with Crippen LogP contribution in [0.25, 0.3) is 0 Å². The molecule has 0 saturated carbocycles. The largest absolute Gasteiger partial charge is 0.395 e. The lowest BCUT2D eigenvalue weighted by Gasteiger charge is -2.22. The highest BCUT2D eigenvalue weighted by atomic mass is 32.2. The van der Waals surface area contributed by atoms with Gasteiger partial charge in [-0.3, -0.25) is 4.79 Å². The average Bonchev–Trinajstić information content (AvgIpc) is 2.71. The molecule has 5 heteroatoms. The molecule has 3 unspecified atom stereocenters. The lowest BCUT2D eigenvalue weighted by atomic mass is 10.0. The predicted octanol–water partition coefficient (Wildman–Crippen LogP) is 0.215. The van der Waals surface area contributed by atoms with E-state index in [4.69, 9.17) is 5.11 Å². The molecule has 1 heterocycles. The van der Waals surface area contributed by atoms with Crippen molar-refractivity contribution in [1.82, 2.24) is 10.6 Å². The van der Waals surface area contributed by atoms with Crippen molar-refractivity contribution < 1.29 is 9.90 Å². The van der Waals surface area contributed by atoms with Crippen LogP contribution in [0.1, 0.15) is 19.8 Å². The highest BCUT2D eigenvalue weighted by Gasteiger charge is 2.21. The zero-order chi connectivity index (χ0) is 12.0. The van der Waals surface area contributed by atoms with Gasteiger partial charge in [-0.15, -0.1) is 0 Å². The van der Waals surface area contributed by atoms with Crippen LogP contribution < -0.4 is 10.6 Å². The number of nitrogens with one attached hydrogen (secondary N) is 2. The van der Waals surface area contributed by atoms with Crippen molar-refractivity contribution in [3.63, 3.8) is 0 Å². The first kappa shape index (κ1) is 13.8. The molecule has 0 aromatic heterocycles. The second-order valence-electron chi connectivity index (χ2n) is 4.38. The molecule has 1 fully saturated rings. The highest BCUT2D eigenvalue weighted by molar-refractivity contribution is 7.99. The maximum atomic E-state index is 11.7. The molecule has 0 bridgehead atoms. The fourth-order valence-electron chi connectivity index (χ4n) is 1.99. The predicted molar refractivity (Wildman–Crippen MR) is 67.6 cm³/mol. The van der Waals surface area contributed by atoms with Crippen LogP contribution in [0.5, 0.6) is 0 Å². The number of carbonyl (C=O) groups excluding carboxylic acids is 1. The third kappa shape index (κ3) is 4.31. The number of thioether (sulfide) groups is 1. The first-order valence-electron chi connectivity index (χ1n) is 5.81. The van der Waals surface area contributed by atoms with Gasteiger partial charge in [0.25, 0.3) is 0 Å². The maximum absolute atomic E-state index is 11.7. The Balaban J connectivity index is 2.26. The lowest BCUT2D eigenvalue weighted by molar-refractivity contribution is -0.122. The van der Waals surface area contributed by atoms with Crippen molar-refractivity contribution in [3.8, 4) is 0 Å². The van der Waals surface area contributed by atoms with E-state index in [9.17, 15) is 4.79 Å². The Morgan fingerprint density at radius 3 is 2.94 bits per heavy atom. The van der Waals surface area contributed by atoms with E-state index < -0.39 is 0 Å². The van der Waals surface area contributed by atoms with Gasteiger partial charge >= 0.3 is 0 Å². The van der Waals surface area contributed by atoms with Crippen LogP contribution in [0.15, 0.2) is 0 Å². The van der Waals surface area contributed by atoms with Crippen LogP contribution in [0, 0.1) is 5.92 Å². The zero-order valence-electron chi connectivity index (χ0n) is 10.0. The molecule has 1 rings (SSSR count). The number of aliphatic hydroxyl groups is 1. The van der Waals surface area contributed by atoms with E-state index in [2.05, 4.69) is 10.6 Å². The fraction of sp³-hybridized carbons (Fsp3) is 0.909. The number of rotatable bonds is 6. The van der Waals surface area contributed by atoms with E-state index in [1.807, 2.05) is 13.2 Å². The standard InChI is InChI=1S/C11H22N2O2S/c1-8(10(7-14)16-2)13-11(15)5-9-3-4-12-6-9/h8-10,12,14H,3-7H2,1-2H3,(H,13,15). The summed E-state index contributed by atoms with van der Waals surface area (Å²) in [5, 5.41) is 15.4. The van der Waals surface area contributed by atoms with Crippen LogP contribution in [0.2, 0.25) is 0 Å².